The molecule has 8 aliphatic carbocycles. The number of fused-ring (bicyclic) bond motifs is 8. The van der Waals surface area contributed by atoms with Crippen molar-refractivity contribution in [2.75, 3.05) is 0 Å². The maximum absolute atomic E-state index is 12.6. The highest BCUT2D eigenvalue weighted by atomic mass is 16.7. The zero-order chi connectivity index (χ0) is 64.3. The van der Waals surface area contributed by atoms with Crippen LogP contribution in [0, 0.1) is 114 Å². The van der Waals surface area contributed by atoms with Crippen molar-refractivity contribution in [2.24, 2.45) is 114 Å². The molecule has 0 bridgehead atoms. The van der Waals surface area contributed by atoms with Gasteiger partial charge in [-0.25, -0.2) is 0 Å². The Bertz CT molecular complexity index is 2860. The first kappa shape index (κ1) is 64.3. The summed E-state index contributed by atoms with van der Waals surface area (Å²) in [5, 5.41) is 43.1. The second kappa shape index (κ2) is 19.2. The minimum Gasteiger partial charge on any atom is -0.461 e. The van der Waals surface area contributed by atoms with Crippen LogP contribution in [-0.4, -0.2) is 145 Å². The molecule has 8 aliphatic heterocycles. The summed E-state index contributed by atoms with van der Waals surface area (Å²) in [6, 6.07) is 0. The Labute approximate surface area is 518 Å². The molecule has 0 spiro atoms. The van der Waals surface area contributed by atoms with Crippen LogP contribution in [0.1, 0.15) is 136 Å². The van der Waals surface area contributed by atoms with Gasteiger partial charge in [-0.1, -0.05) is 52.0 Å². The second-order valence-corrected chi connectivity index (χ2v) is 31.8. The molecule has 89 heavy (non-hydrogen) atoms. The van der Waals surface area contributed by atoms with Gasteiger partial charge < -0.3 is 63.8 Å². The summed E-state index contributed by atoms with van der Waals surface area (Å²) in [6.07, 6.45) is 13.9. The van der Waals surface area contributed by atoms with Crippen molar-refractivity contribution in [1.82, 2.24) is 0 Å². The highest BCUT2D eigenvalue weighted by molar-refractivity contribution is 6.01. The zero-order valence-corrected chi connectivity index (χ0v) is 53.8. The van der Waals surface area contributed by atoms with Crippen LogP contribution >= 0.6 is 0 Å². The number of carbonyl (C=O) groups is 8. The van der Waals surface area contributed by atoms with E-state index in [2.05, 4.69) is 27.7 Å². The highest BCUT2D eigenvalue weighted by Gasteiger charge is 2.81. The third-order valence-corrected chi connectivity index (χ3v) is 27.5. The van der Waals surface area contributed by atoms with Gasteiger partial charge >= 0.3 is 23.9 Å². The molecule has 16 aliphatic rings. The molecule has 12 fully saturated rings. The molecule has 32 atom stereocenters. The molecule has 0 aromatic carbocycles. The third kappa shape index (κ3) is 7.45. The van der Waals surface area contributed by atoms with Gasteiger partial charge in [0, 0.05) is 23.7 Å². The van der Waals surface area contributed by atoms with Crippen molar-refractivity contribution in [3.63, 3.8) is 0 Å². The number of hydrogen-bond donors (Lipinski definition) is 4. The van der Waals surface area contributed by atoms with E-state index in [1.54, 1.807) is 52.0 Å². The van der Waals surface area contributed by atoms with Gasteiger partial charge in [0.2, 0.25) is 0 Å². The first-order valence-electron chi connectivity index (χ1n) is 31.9. The molecule has 16 rings (SSSR count). The van der Waals surface area contributed by atoms with Crippen molar-refractivity contribution in [1.29, 1.82) is 0 Å². The van der Waals surface area contributed by atoms with Gasteiger partial charge in [-0.05, 0) is 180 Å². The Morgan fingerprint density at radius 3 is 0.663 bits per heavy atom. The normalized spacial score (nSPS) is 58.6. The lowest BCUT2D eigenvalue weighted by atomic mass is 9.64. The second-order valence-electron chi connectivity index (χ2n) is 31.8. The van der Waals surface area contributed by atoms with E-state index >= 15 is 0 Å². The van der Waals surface area contributed by atoms with Crippen LogP contribution in [0.4, 0.5) is 0 Å². The SMILES string of the molecule is C[C@@H]1C[C@@H]2OC(=O)[C@]3(C)[C@H]2[C@@H](O[C@]3(C)O)[C@]2(C)C(=O)C=C[C@@H]12.C[C@@H]1C[C@@H]2OC(=O)[C@]3(C)[C@H]2[C@@H](O[C@]3(C)O)[C@]2(C)C(=O)C=C[C@@H]12.C[C@@H]1C[C@@H]2OC(=O)[C@]3(C)[C@H]2[C@@H](O[C@]3(C)O)[C@]2(C)C(=O)C=C[C@@H]12.C[C@@H]1C[C@@H]2OC(=O)[C@]3(C)[C@H]2[C@@H](O[C@]3(C)O)[C@]2(C)C(=O)C=C[C@@H]12.O. The quantitative estimate of drug-likeness (QED) is 0.184. The Balaban J connectivity index is 0.000000115. The van der Waals surface area contributed by atoms with E-state index in [-0.39, 0.29) is 124 Å². The summed E-state index contributed by atoms with van der Waals surface area (Å²) >= 11 is 0. The standard InChI is InChI=1S/4C17H22O5.H2O/c4*1-8-7-10-12-13(15(2)9(8)5-6-11(15)18)22-17(4,20)16(12,3)14(19)21-10;/h4*5-6,8-10,12-13,20H,7H2,1-4H3;1H2/t4*8-,9+,10+,12-,13-,15+,16+,17+;/m1111./s1. The van der Waals surface area contributed by atoms with Gasteiger partial charge in [0.1, 0.15) is 46.1 Å². The fourth-order valence-electron chi connectivity index (χ4n) is 21.3. The first-order valence-corrected chi connectivity index (χ1v) is 31.9. The van der Waals surface area contributed by atoms with Crippen LogP contribution in [0.15, 0.2) is 48.6 Å². The van der Waals surface area contributed by atoms with Crippen LogP contribution in [0.25, 0.3) is 0 Å². The molecule has 8 saturated heterocycles. The Hall–Kier alpha value is -4.84. The smallest absolute Gasteiger partial charge is 0.318 e. The topological polar surface area (TPSA) is 323 Å². The first-order chi connectivity index (χ1) is 40.5. The van der Waals surface area contributed by atoms with E-state index in [1.165, 1.54) is 27.7 Å². The van der Waals surface area contributed by atoms with Gasteiger partial charge in [0.15, 0.2) is 46.3 Å². The Kier molecular flexibility index (Phi) is 13.8. The Morgan fingerprint density at radius 2 is 0.494 bits per heavy atom. The zero-order valence-electron chi connectivity index (χ0n) is 53.8. The predicted octanol–water partition coefficient (Wildman–Crippen LogP) is 4.95. The number of rotatable bonds is 0. The highest BCUT2D eigenvalue weighted by Crippen LogP contribution is 2.70. The number of ketones is 4. The number of carbonyl (C=O) groups excluding carboxylic acids is 8. The lowest BCUT2D eigenvalue weighted by Crippen LogP contribution is -2.47. The van der Waals surface area contributed by atoms with Crippen molar-refractivity contribution in [3.8, 4) is 0 Å². The number of allylic oxidation sites excluding steroid dienone is 8. The minimum atomic E-state index is -1.62. The van der Waals surface area contributed by atoms with Crippen molar-refractivity contribution in [2.45, 2.75) is 208 Å². The molecule has 4 saturated carbocycles. The van der Waals surface area contributed by atoms with Crippen LogP contribution in [0.5, 0.6) is 0 Å². The van der Waals surface area contributed by atoms with Crippen molar-refractivity contribution in [3.05, 3.63) is 48.6 Å². The monoisotopic (exact) mass is 1240 g/mol. The van der Waals surface area contributed by atoms with E-state index in [4.69, 9.17) is 37.9 Å². The van der Waals surface area contributed by atoms with Crippen LogP contribution in [0.3, 0.4) is 0 Å². The fourth-order valence-corrected chi connectivity index (χ4v) is 21.3. The average molecular weight is 1240 g/mol. The maximum atomic E-state index is 12.6. The van der Waals surface area contributed by atoms with Crippen LogP contribution in [-0.2, 0) is 76.3 Å². The van der Waals surface area contributed by atoms with Crippen LogP contribution < -0.4 is 0 Å². The molecule has 0 aromatic heterocycles. The van der Waals surface area contributed by atoms with Gasteiger partial charge in [-0.3, -0.25) is 38.4 Å². The van der Waals surface area contributed by atoms with Gasteiger partial charge in [0.25, 0.3) is 0 Å². The van der Waals surface area contributed by atoms with Gasteiger partial charge in [0.05, 0.1) is 46.1 Å². The summed E-state index contributed by atoms with van der Waals surface area (Å²) in [5.74, 6) is -8.17. The predicted molar refractivity (Wildman–Crippen MR) is 310 cm³/mol. The number of ether oxygens (including phenoxy) is 8. The number of hydrogen-bond acceptors (Lipinski definition) is 20. The van der Waals surface area contributed by atoms with Gasteiger partial charge in [-0.2, -0.15) is 0 Å². The lowest BCUT2D eigenvalue weighted by molar-refractivity contribution is -0.240. The molecule has 6 N–H and O–H groups in total. The third-order valence-electron chi connectivity index (χ3n) is 27.5. The molecule has 0 radical (unpaired) electrons. The van der Waals surface area contributed by atoms with E-state index in [1.807, 2.05) is 52.0 Å². The maximum Gasteiger partial charge on any atom is 0.318 e. The van der Waals surface area contributed by atoms with E-state index < -0.39 is 115 Å². The molecular weight excluding hydrogens is 1150 g/mol. The molecule has 0 amide bonds. The summed E-state index contributed by atoms with van der Waals surface area (Å²) in [4.78, 5) is 100. The minimum absolute atomic E-state index is 0. The summed E-state index contributed by atoms with van der Waals surface area (Å²) in [7, 11) is 0. The summed E-state index contributed by atoms with van der Waals surface area (Å²) < 4.78 is 46.4. The molecule has 0 unspecified atom stereocenters. The molecule has 488 valence electrons. The lowest BCUT2D eigenvalue weighted by Gasteiger charge is -2.37. The molecule has 8 heterocycles. The number of esters is 4. The molecule has 21 heteroatoms. The molecule has 0 aromatic rings. The van der Waals surface area contributed by atoms with E-state index in [9.17, 15) is 58.8 Å². The summed E-state index contributed by atoms with van der Waals surface area (Å²) in [5.41, 5.74) is -7.45. The van der Waals surface area contributed by atoms with Crippen molar-refractivity contribution >= 4 is 47.0 Å². The molecular formula is C68H90O21. The fraction of sp³-hybridized carbons (Fsp3) is 0.765. The average Bonchev–Trinajstić information content (AvgIpc) is 1.56. The van der Waals surface area contributed by atoms with E-state index in [0.717, 1.165) is 0 Å². The van der Waals surface area contributed by atoms with Crippen LogP contribution in [0.2, 0.25) is 0 Å². The van der Waals surface area contributed by atoms with Crippen molar-refractivity contribution < 1.29 is 102 Å². The Morgan fingerprint density at radius 1 is 0.326 bits per heavy atom. The largest absolute Gasteiger partial charge is 0.461 e. The van der Waals surface area contributed by atoms with Gasteiger partial charge in [-0.15, -0.1) is 0 Å². The van der Waals surface area contributed by atoms with E-state index in [0.29, 0.717) is 25.7 Å². The number of aliphatic hydroxyl groups is 4. The summed E-state index contributed by atoms with van der Waals surface area (Å²) in [6.45, 7) is 28.9. The molecule has 21 nitrogen and oxygen atoms in total.